The number of methoxy groups -OCH3 is 1. The molecule has 0 aromatic heterocycles. The lowest BCUT2D eigenvalue weighted by atomic mass is 10.2. The predicted octanol–water partition coefficient (Wildman–Crippen LogP) is 2.63. The van der Waals surface area contributed by atoms with Gasteiger partial charge in [0.05, 0.1) is 7.11 Å². The molecule has 6 heteroatoms. The van der Waals surface area contributed by atoms with Gasteiger partial charge in [0.2, 0.25) is 5.91 Å². The summed E-state index contributed by atoms with van der Waals surface area (Å²) in [4.78, 5) is 27.7. The van der Waals surface area contributed by atoms with Gasteiger partial charge in [-0.2, -0.15) is 0 Å². The molecule has 1 saturated heterocycles. The van der Waals surface area contributed by atoms with Crippen LogP contribution < -0.4 is 10.1 Å². The molecule has 0 atom stereocenters. The Bertz CT molecular complexity index is 577. The van der Waals surface area contributed by atoms with Crippen molar-refractivity contribution in [3.63, 3.8) is 0 Å². The zero-order valence-electron chi connectivity index (χ0n) is 15.3. The van der Waals surface area contributed by atoms with Gasteiger partial charge in [-0.05, 0) is 37.0 Å². The number of hydrogen-bond acceptors (Lipinski definition) is 3. The van der Waals surface area contributed by atoms with Crippen LogP contribution in [0.2, 0.25) is 0 Å². The van der Waals surface area contributed by atoms with Crippen molar-refractivity contribution in [1.82, 2.24) is 15.1 Å². The van der Waals surface area contributed by atoms with Gasteiger partial charge in [0.25, 0.3) is 0 Å². The molecule has 0 radical (unpaired) electrons. The summed E-state index contributed by atoms with van der Waals surface area (Å²) in [7, 11) is 3.40. The number of hydrogen-bond donors (Lipinski definition) is 1. The number of ether oxygens (including phenoxy) is 1. The topological polar surface area (TPSA) is 61.9 Å². The molecule has 0 aliphatic carbocycles. The zero-order valence-corrected chi connectivity index (χ0v) is 15.3. The Morgan fingerprint density at radius 3 is 2.96 bits per heavy atom. The number of carbonyl (C=O) groups excluding carboxylic acids is 2. The average molecular weight is 347 g/mol. The Balaban J connectivity index is 1.69. The van der Waals surface area contributed by atoms with E-state index in [1.54, 1.807) is 19.1 Å². The Morgan fingerprint density at radius 1 is 1.32 bits per heavy atom. The number of urea groups is 1. The third-order valence-corrected chi connectivity index (χ3v) is 4.45. The molecule has 1 fully saturated rings. The summed E-state index contributed by atoms with van der Waals surface area (Å²) >= 11 is 0. The number of likely N-dealkylation sites (tertiary alicyclic amines) is 1. The lowest BCUT2D eigenvalue weighted by Crippen LogP contribution is -2.39. The van der Waals surface area contributed by atoms with E-state index in [0.29, 0.717) is 19.5 Å². The van der Waals surface area contributed by atoms with Crippen LogP contribution in [0.3, 0.4) is 0 Å². The van der Waals surface area contributed by atoms with Gasteiger partial charge in [0.15, 0.2) is 0 Å². The van der Waals surface area contributed by atoms with Gasteiger partial charge < -0.3 is 19.9 Å². The number of carbonyl (C=O) groups is 2. The molecule has 1 aliphatic heterocycles. The fourth-order valence-corrected chi connectivity index (χ4v) is 2.99. The van der Waals surface area contributed by atoms with Crippen molar-refractivity contribution in [1.29, 1.82) is 0 Å². The van der Waals surface area contributed by atoms with Gasteiger partial charge in [-0.25, -0.2) is 4.79 Å². The van der Waals surface area contributed by atoms with Crippen molar-refractivity contribution >= 4 is 11.9 Å². The minimum Gasteiger partial charge on any atom is -0.497 e. The normalized spacial score (nSPS) is 14.8. The van der Waals surface area contributed by atoms with E-state index in [1.807, 2.05) is 29.2 Å². The molecule has 3 amide bonds. The Kier molecular flexibility index (Phi) is 7.57. The van der Waals surface area contributed by atoms with E-state index in [1.165, 1.54) is 0 Å². The number of nitrogens with zero attached hydrogens (tertiary/aromatic N) is 2. The first-order valence-electron chi connectivity index (χ1n) is 9.00. The van der Waals surface area contributed by atoms with Crippen molar-refractivity contribution in [2.45, 2.75) is 38.6 Å². The largest absolute Gasteiger partial charge is 0.497 e. The van der Waals surface area contributed by atoms with Crippen LogP contribution in [-0.2, 0) is 11.3 Å². The van der Waals surface area contributed by atoms with Crippen molar-refractivity contribution in [2.24, 2.45) is 0 Å². The fraction of sp³-hybridized carbons (Fsp3) is 0.579. The number of nitrogens with one attached hydrogen (secondary N) is 1. The standard InChI is InChI=1S/C19H29N3O3/c1-21(15-16-8-6-9-17(14-16)25-2)19(24)20-11-7-13-22-12-5-3-4-10-18(22)23/h6,8-9,14H,3-5,7,10-13,15H2,1-2H3,(H,20,24). The molecule has 25 heavy (non-hydrogen) atoms. The molecule has 6 nitrogen and oxygen atoms in total. The minimum absolute atomic E-state index is 0.106. The summed E-state index contributed by atoms with van der Waals surface area (Å²) in [5.41, 5.74) is 1.02. The average Bonchev–Trinajstić information content (AvgIpc) is 2.83. The quantitative estimate of drug-likeness (QED) is 0.771. The highest BCUT2D eigenvalue weighted by Gasteiger charge is 2.16. The van der Waals surface area contributed by atoms with E-state index in [9.17, 15) is 9.59 Å². The van der Waals surface area contributed by atoms with Gasteiger partial charge >= 0.3 is 6.03 Å². The number of benzene rings is 1. The first-order valence-corrected chi connectivity index (χ1v) is 9.00. The number of amides is 3. The van der Waals surface area contributed by atoms with Crippen LogP contribution >= 0.6 is 0 Å². The SMILES string of the molecule is COc1cccc(CN(C)C(=O)NCCCN2CCCCCC2=O)c1. The molecular formula is C19H29N3O3. The first kappa shape index (κ1) is 19.1. The van der Waals surface area contributed by atoms with Crippen LogP contribution in [0.25, 0.3) is 0 Å². The summed E-state index contributed by atoms with van der Waals surface area (Å²) in [5, 5.41) is 2.92. The van der Waals surface area contributed by atoms with Gasteiger partial charge in [0, 0.05) is 39.6 Å². The molecule has 2 rings (SSSR count). The molecular weight excluding hydrogens is 318 g/mol. The number of rotatable bonds is 7. The molecule has 0 bridgehead atoms. The second-order valence-corrected chi connectivity index (χ2v) is 6.48. The maximum absolute atomic E-state index is 12.2. The lowest BCUT2D eigenvalue weighted by Gasteiger charge is -2.21. The summed E-state index contributed by atoms with van der Waals surface area (Å²) in [6, 6.07) is 7.59. The molecule has 0 unspecified atom stereocenters. The summed E-state index contributed by atoms with van der Waals surface area (Å²) < 4.78 is 5.20. The maximum Gasteiger partial charge on any atom is 0.317 e. The Hall–Kier alpha value is -2.24. The monoisotopic (exact) mass is 347 g/mol. The van der Waals surface area contributed by atoms with E-state index in [2.05, 4.69) is 5.32 Å². The van der Waals surface area contributed by atoms with Crippen molar-refractivity contribution in [3.05, 3.63) is 29.8 Å². The minimum atomic E-state index is -0.106. The highest BCUT2D eigenvalue weighted by Crippen LogP contribution is 2.14. The van der Waals surface area contributed by atoms with Gasteiger partial charge in [-0.3, -0.25) is 4.79 Å². The van der Waals surface area contributed by atoms with Crippen molar-refractivity contribution < 1.29 is 14.3 Å². The molecule has 138 valence electrons. The van der Waals surface area contributed by atoms with Gasteiger partial charge in [-0.15, -0.1) is 0 Å². The predicted molar refractivity (Wildman–Crippen MR) is 97.5 cm³/mol. The third-order valence-electron chi connectivity index (χ3n) is 4.45. The summed E-state index contributed by atoms with van der Waals surface area (Å²) in [6.45, 7) is 2.67. The van der Waals surface area contributed by atoms with Crippen LogP contribution in [-0.4, -0.2) is 55.5 Å². The lowest BCUT2D eigenvalue weighted by molar-refractivity contribution is -0.130. The molecule has 1 aromatic carbocycles. The molecule has 0 saturated carbocycles. The van der Waals surface area contributed by atoms with Crippen molar-refractivity contribution in [2.75, 3.05) is 33.8 Å². The van der Waals surface area contributed by atoms with Gasteiger partial charge in [0.1, 0.15) is 5.75 Å². The van der Waals surface area contributed by atoms with Crippen LogP contribution in [0, 0.1) is 0 Å². The van der Waals surface area contributed by atoms with Gasteiger partial charge in [-0.1, -0.05) is 18.6 Å². The summed E-state index contributed by atoms with van der Waals surface area (Å²) in [5.74, 6) is 1.03. The second-order valence-electron chi connectivity index (χ2n) is 6.48. The van der Waals surface area contributed by atoms with Crippen LogP contribution in [0.15, 0.2) is 24.3 Å². The smallest absolute Gasteiger partial charge is 0.317 e. The molecule has 0 spiro atoms. The van der Waals surface area contributed by atoms with E-state index < -0.39 is 0 Å². The highest BCUT2D eigenvalue weighted by molar-refractivity contribution is 5.76. The maximum atomic E-state index is 12.2. The van der Waals surface area contributed by atoms with E-state index in [0.717, 1.165) is 50.1 Å². The summed E-state index contributed by atoms with van der Waals surface area (Å²) in [6.07, 6.45) is 4.66. The first-order chi connectivity index (χ1) is 12.1. The molecule has 1 aliphatic rings. The molecule has 1 aromatic rings. The van der Waals surface area contributed by atoms with Crippen LogP contribution in [0.1, 0.15) is 37.7 Å². The molecule has 1 N–H and O–H groups in total. The third kappa shape index (κ3) is 6.29. The van der Waals surface area contributed by atoms with Crippen LogP contribution in [0.5, 0.6) is 5.75 Å². The van der Waals surface area contributed by atoms with Crippen LogP contribution in [0.4, 0.5) is 4.79 Å². The molecule has 1 heterocycles. The highest BCUT2D eigenvalue weighted by atomic mass is 16.5. The zero-order chi connectivity index (χ0) is 18.1. The Morgan fingerprint density at radius 2 is 2.16 bits per heavy atom. The van der Waals surface area contributed by atoms with E-state index in [4.69, 9.17) is 4.74 Å². The second kappa shape index (κ2) is 9.91. The fourth-order valence-electron chi connectivity index (χ4n) is 2.99. The van der Waals surface area contributed by atoms with Crippen molar-refractivity contribution in [3.8, 4) is 5.75 Å². The van der Waals surface area contributed by atoms with E-state index in [-0.39, 0.29) is 11.9 Å². The Labute approximate surface area is 150 Å². The van der Waals surface area contributed by atoms with E-state index >= 15 is 0 Å².